The number of nitrogens with one attached hydrogen (secondary N) is 2. The molecule has 0 aromatic heterocycles. The lowest BCUT2D eigenvalue weighted by Crippen LogP contribution is -2.39. The monoisotopic (exact) mass is 393 g/mol. The minimum atomic E-state index is -0.441. The van der Waals surface area contributed by atoms with Crippen molar-refractivity contribution in [2.45, 2.75) is 12.5 Å². The average molecular weight is 394 g/mol. The van der Waals surface area contributed by atoms with Gasteiger partial charge >= 0.3 is 6.03 Å². The van der Waals surface area contributed by atoms with Crippen molar-refractivity contribution in [1.29, 1.82) is 0 Å². The Morgan fingerprint density at radius 3 is 2.62 bits per heavy atom. The fourth-order valence-corrected chi connectivity index (χ4v) is 3.09. The molecule has 1 atom stereocenters. The number of benzene rings is 2. The fourth-order valence-electron chi connectivity index (χ4n) is 2.75. The summed E-state index contributed by atoms with van der Waals surface area (Å²) in [6, 6.07) is 11.3. The average Bonchev–Trinajstić information content (AvgIpc) is 2.98. The molecule has 2 N–H and O–H groups in total. The molecule has 1 aliphatic heterocycles. The summed E-state index contributed by atoms with van der Waals surface area (Å²) in [5.74, 6) is 0.661. The van der Waals surface area contributed by atoms with Crippen molar-refractivity contribution in [2.24, 2.45) is 0 Å². The van der Waals surface area contributed by atoms with Crippen molar-refractivity contribution >= 4 is 46.5 Å². The molecular weight excluding hydrogens is 377 g/mol. The van der Waals surface area contributed by atoms with E-state index < -0.39 is 6.03 Å². The number of urea groups is 1. The number of rotatable bonds is 4. The van der Waals surface area contributed by atoms with E-state index in [1.165, 1.54) is 0 Å². The third kappa shape index (κ3) is 4.20. The maximum atomic E-state index is 12.3. The summed E-state index contributed by atoms with van der Waals surface area (Å²) in [6.07, 6.45) is 0.225. The van der Waals surface area contributed by atoms with Crippen molar-refractivity contribution in [3.8, 4) is 5.75 Å². The van der Waals surface area contributed by atoms with Crippen LogP contribution in [0.2, 0.25) is 10.0 Å². The summed E-state index contributed by atoms with van der Waals surface area (Å²) in [5.41, 5.74) is 1.17. The summed E-state index contributed by atoms with van der Waals surface area (Å²) >= 11 is 11.9. The highest BCUT2D eigenvalue weighted by Crippen LogP contribution is 2.26. The number of amides is 3. The second kappa shape index (κ2) is 7.85. The van der Waals surface area contributed by atoms with E-state index in [0.717, 1.165) is 5.69 Å². The van der Waals surface area contributed by atoms with Gasteiger partial charge in [-0.15, -0.1) is 0 Å². The minimum absolute atomic E-state index is 0.0544. The van der Waals surface area contributed by atoms with Gasteiger partial charge in [0.15, 0.2) is 0 Å². The summed E-state index contributed by atoms with van der Waals surface area (Å²) in [4.78, 5) is 26.1. The van der Waals surface area contributed by atoms with Gasteiger partial charge in [-0.3, -0.25) is 4.79 Å². The molecule has 3 amide bonds. The number of anilines is 2. The largest absolute Gasteiger partial charge is 0.497 e. The van der Waals surface area contributed by atoms with Gasteiger partial charge in [0, 0.05) is 23.7 Å². The molecule has 3 rings (SSSR count). The second-order valence-corrected chi connectivity index (χ2v) is 6.67. The molecule has 136 valence electrons. The molecule has 8 heteroatoms. The molecule has 6 nitrogen and oxygen atoms in total. The van der Waals surface area contributed by atoms with Crippen molar-refractivity contribution in [3.05, 3.63) is 52.5 Å². The molecule has 0 bridgehead atoms. The molecule has 1 aliphatic rings. The van der Waals surface area contributed by atoms with Crippen molar-refractivity contribution in [3.63, 3.8) is 0 Å². The first kappa shape index (κ1) is 18.4. The van der Waals surface area contributed by atoms with Crippen molar-refractivity contribution < 1.29 is 14.3 Å². The van der Waals surface area contributed by atoms with Gasteiger partial charge in [0.25, 0.3) is 0 Å². The summed E-state index contributed by atoms with van der Waals surface area (Å²) in [6.45, 7) is 0.391. The zero-order chi connectivity index (χ0) is 18.7. The van der Waals surface area contributed by atoms with Gasteiger partial charge in [0.2, 0.25) is 5.91 Å². The van der Waals surface area contributed by atoms with Gasteiger partial charge in [-0.25, -0.2) is 4.79 Å². The summed E-state index contributed by atoms with van der Waals surface area (Å²) in [7, 11) is 1.58. The summed E-state index contributed by atoms with van der Waals surface area (Å²) in [5, 5.41) is 6.28. The molecule has 1 heterocycles. The van der Waals surface area contributed by atoms with Gasteiger partial charge in [-0.2, -0.15) is 0 Å². The Morgan fingerprint density at radius 1 is 1.19 bits per heavy atom. The van der Waals surface area contributed by atoms with E-state index >= 15 is 0 Å². The van der Waals surface area contributed by atoms with E-state index in [1.807, 2.05) is 12.1 Å². The van der Waals surface area contributed by atoms with E-state index in [1.54, 1.807) is 42.3 Å². The van der Waals surface area contributed by atoms with Crippen LogP contribution in [0.4, 0.5) is 16.2 Å². The zero-order valence-electron chi connectivity index (χ0n) is 14.0. The lowest BCUT2D eigenvalue weighted by Gasteiger charge is -2.18. The molecule has 0 saturated carbocycles. The van der Waals surface area contributed by atoms with Crippen LogP contribution < -0.4 is 20.3 Å². The first-order valence-corrected chi connectivity index (χ1v) is 8.69. The first-order valence-electron chi connectivity index (χ1n) is 7.93. The third-order valence-corrected chi connectivity index (χ3v) is 4.59. The molecule has 0 aliphatic carbocycles. The van der Waals surface area contributed by atoms with Crippen LogP contribution in [0, 0.1) is 0 Å². The lowest BCUT2D eigenvalue weighted by atomic mass is 10.2. The number of halogens is 2. The van der Waals surface area contributed by atoms with E-state index in [-0.39, 0.29) is 18.4 Å². The Bertz CT molecular complexity index is 827. The van der Waals surface area contributed by atoms with Crippen LogP contribution in [0.25, 0.3) is 0 Å². The van der Waals surface area contributed by atoms with E-state index in [2.05, 4.69) is 10.6 Å². The molecule has 26 heavy (non-hydrogen) atoms. The molecule has 0 spiro atoms. The smallest absolute Gasteiger partial charge is 0.319 e. The molecule has 2 aromatic rings. The van der Waals surface area contributed by atoms with Gasteiger partial charge in [-0.05, 0) is 42.5 Å². The zero-order valence-corrected chi connectivity index (χ0v) is 15.5. The van der Waals surface area contributed by atoms with Gasteiger partial charge in [0.1, 0.15) is 5.75 Å². The number of carbonyl (C=O) groups excluding carboxylic acids is 2. The van der Waals surface area contributed by atoms with Crippen LogP contribution in [-0.2, 0) is 4.79 Å². The normalized spacial score (nSPS) is 16.5. The number of hydrogen-bond donors (Lipinski definition) is 2. The third-order valence-electron chi connectivity index (χ3n) is 4.02. The van der Waals surface area contributed by atoms with E-state index in [0.29, 0.717) is 28.0 Å². The Balaban J connectivity index is 1.61. The van der Waals surface area contributed by atoms with Gasteiger partial charge in [-0.1, -0.05) is 23.2 Å². The second-order valence-electron chi connectivity index (χ2n) is 5.83. The van der Waals surface area contributed by atoms with E-state index in [9.17, 15) is 9.59 Å². The molecule has 2 aromatic carbocycles. The highest BCUT2D eigenvalue weighted by molar-refractivity contribution is 6.35. The fraction of sp³-hybridized carbons (Fsp3) is 0.222. The highest BCUT2D eigenvalue weighted by atomic mass is 35.5. The molecule has 1 saturated heterocycles. The summed E-state index contributed by atoms with van der Waals surface area (Å²) < 4.78 is 5.12. The Kier molecular flexibility index (Phi) is 5.54. The lowest BCUT2D eigenvalue weighted by molar-refractivity contribution is -0.117. The van der Waals surface area contributed by atoms with Crippen LogP contribution in [0.1, 0.15) is 6.42 Å². The standard InChI is InChI=1S/C18H17Cl2N3O3/c1-26-14-5-3-13(4-6-14)23-10-12(9-17(23)24)21-18(25)22-16-8-11(19)2-7-15(16)20/h2-8,12H,9-10H2,1H3,(H2,21,22,25)/t12-/m1/s1. The maximum absolute atomic E-state index is 12.3. The topological polar surface area (TPSA) is 70.7 Å². The number of carbonyl (C=O) groups is 2. The van der Waals surface area contributed by atoms with Crippen LogP contribution in [0.3, 0.4) is 0 Å². The SMILES string of the molecule is COc1ccc(N2C[C@H](NC(=O)Nc3cc(Cl)ccc3Cl)CC2=O)cc1. The van der Waals surface area contributed by atoms with Crippen LogP contribution >= 0.6 is 23.2 Å². The van der Waals surface area contributed by atoms with Crippen LogP contribution in [0.5, 0.6) is 5.75 Å². The quantitative estimate of drug-likeness (QED) is 0.826. The van der Waals surface area contributed by atoms with Crippen LogP contribution in [0.15, 0.2) is 42.5 Å². The van der Waals surface area contributed by atoms with Crippen LogP contribution in [-0.4, -0.2) is 31.6 Å². The number of methoxy groups -OCH3 is 1. The predicted octanol–water partition coefficient (Wildman–Crippen LogP) is 3.93. The predicted molar refractivity (Wildman–Crippen MR) is 102 cm³/mol. The first-order chi connectivity index (χ1) is 12.5. The highest BCUT2D eigenvalue weighted by Gasteiger charge is 2.31. The molecule has 0 unspecified atom stereocenters. The van der Waals surface area contributed by atoms with E-state index in [4.69, 9.17) is 27.9 Å². The van der Waals surface area contributed by atoms with Gasteiger partial charge in [0.05, 0.1) is 23.9 Å². The Labute approximate surface area is 161 Å². The number of nitrogens with zero attached hydrogens (tertiary/aromatic N) is 1. The molecular formula is C18H17Cl2N3O3. The molecule has 1 fully saturated rings. The Morgan fingerprint density at radius 2 is 1.92 bits per heavy atom. The number of hydrogen-bond acceptors (Lipinski definition) is 3. The van der Waals surface area contributed by atoms with Crippen molar-refractivity contribution in [1.82, 2.24) is 5.32 Å². The maximum Gasteiger partial charge on any atom is 0.319 e. The number of ether oxygens (including phenoxy) is 1. The van der Waals surface area contributed by atoms with Gasteiger partial charge < -0.3 is 20.3 Å². The molecule has 0 radical (unpaired) electrons. The minimum Gasteiger partial charge on any atom is -0.497 e. The Hall–Kier alpha value is -2.44. The van der Waals surface area contributed by atoms with Crippen molar-refractivity contribution in [2.75, 3.05) is 23.9 Å².